The van der Waals surface area contributed by atoms with Crippen LogP contribution in [0.25, 0.3) is 22.2 Å². The molecule has 0 amide bonds. The minimum atomic E-state index is -3.17. The van der Waals surface area contributed by atoms with Gasteiger partial charge in [-0.3, -0.25) is 20.5 Å². The van der Waals surface area contributed by atoms with Crippen LogP contribution in [0.15, 0.2) is 43.0 Å². The van der Waals surface area contributed by atoms with Crippen molar-refractivity contribution >= 4 is 44.1 Å². The van der Waals surface area contributed by atoms with Gasteiger partial charge in [0.1, 0.15) is 11.4 Å². The summed E-state index contributed by atoms with van der Waals surface area (Å²) in [4.78, 5) is 3.94. The van der Waals surface area contributed by atoms with Gasteiger partial charge in [0, 0.05) is 48.2 Å². The summed E-state index contributed by atoms with van der Waals surface area (Å²) in [5, 5.41) is 13.5. The van der Waals surface area contributed by atoms with Gasteiger partial charge in [-0.25, -0.2) is 12.7 Å². The molecule has 4 aromatic rings. The largest absolute Gasteiger partial charge is 0.471 e. The number of sulfonamides is 1. The molecule has 1 aliphatic rings. The fraction of sp³-hybridized carbons (Fsp3) is 0.318. The average molecular weight is 536 g/mol. The first-order valence-electron chi connectivity index (χ1n) is 10.9. The molecule has 4 heterocycles. The third-order valence-corrected chi connectivity index (χ3v) is 8.02. The Kier molecular flexibility index (Phi) is 6.45. The molecule has 10 nitrogen and oxygen atoms in total. The van der Waals surface area contributed by atoms with Crippen molar-refractivity contribution in [3.8, 4) is 17.0 Å². The van der Waals surface area contributed by atoms with Crippen molar-refractivity contribution in [1.82, 2.24) is 29.3 Å². The van der Waals surface area contributed by atoms with E-state index in [1.807, 2.05) is 23.0 Å². The van der Waals surface area contributed by atoms with Gasteiger partial charge in [0.15, 0.2) is 6.23 Å². The maximum Gasteiger partial charge on any atom is 0.211 e. The van der Waals surface area contributed by atoms with E-state index in [1.165, 1.54) is 23.0 Å². The predicted molar refractivity (Wildman–Crippen MR) is 134 cm³/mol. The third-order valence-electron chi connectivity index (χ3n) is 6.11. The second-order valence-electron chi connectivity index (χ2n) is 8.44. The summed E-state index contributed by atoms with van der Waals surface area (Å²) in [5.74, 6) is 0.525. The summed E-state index contributed by atoms with van der Waals surface area (Å²) < 4.78 is 32.9. The van der Waals surface area contributed by atoms with Crippen LogP contribution in [0, 0.1) is 0 Å². The van der Waals surface area contributed by atoms with E-state index in [-0.39, 0.29) is 6.04 Å². The molecule has 3 aromatic heterocycles. The van der Waals surface area contributed by atoms with E-state index in [0.717, 1.165) is 22.2 Å². The van der Waals surface area contributed by atoms with Crippen LogP contribution in [0.1, 0.15) is 30.7 Å². The lowest BCUT2D eigenvalue weighted by Gasteiger charge is -2.30. The molecule has 0 radical (unpaired) electrons. The smallest absolute Gasteiger partial charge is 0.211 e. The van der Waals surface area contributed by atoms with Crippen LogP contribution < -0.4 is 10.5 Å². The highest BCUT2D eigenvalue weighted by molar-refractivity contribution is 7.88. The monoisotopic (exact) mass is 535 g/mol. The molecule has 1 aliphatic heterocycles. The van der Waals surface area contributed by atoms with Gasteiger partial charge in [-0.05, 0) is 31.0 Å². The SMILES string of the molecule is CS(=O)(=O)N1CCC(n2cc(-c3n[nH]c4ccc(O[C@H](N)c5c(Cl)cncc5Cl)cc34)cn2)CC1. The zero-order chi connectivity index (χ0) is 24.7. The van der Waals surface area contributed by atoms with Gasteiger partial charge in [-0.1, -0.05) is 23.2 Å². The van der Waals surface area contributed by atoms with Crippen LogP contribution in [0.5, 0.6) is 5.75 Å². The van der Waals surface area contributed by atoms with E-state index < -0.39 is 16.3 Å². The average Bonchev–Trinajstić information content (AvgIpc) is 3.45. The number of ether oxygens (including phenoxy) is 1. The first-order chi connectivity index (χ1) is 16.7. The number of nitrogens with zero attached hydrogens (tertiary/aromatic N) is 5. The molecule has 0 bridgehead atoms. The summed E-state index contributed by atoms with van der Waals surface area (Å²) in [6.45, 7) is 0.965. The van der Waals surface area contributed by atoms with Crippen LogP contribution in [-0.2, 0) is 10.0 Å². The third kappa shape index (κ3) is 4.87. The van der Waals surface area contributed by atoms with E-state index >= 15 is 0 Å². The molecule has 0 aliphatic carbocycles. The zero-order valence-electron chi connectivity index (χ0n) is 18.7. The first-order valence-corrected chi connectivity index (χ1v) is 13.5. The Morgan fingerprint density at radius 2 is 1.89 bits per heavy atom. The van der Waals surface area contributed by atoms with Crippen molar-refractivity contribution in [3.63, 3.8) is 0 Å². The quantitative estimate of drug-likeness (QED) is 0.359. The highest BCUT2D eigenvalue weighted by atomic mass is 35.5. The molecular formula is C22H23Cl2N7O3S. The standard InChI is InChI=1S/C22H23Cl2N7O3S/c1-35(32,33)30-6-4-14(5-7-30)31-12-13(9-27-31)21-16-8-15(2-3-19(16)28-29-21)34-22(25)20-17(23)10-26-11-18(20)24/h2-3,8-12,14,22H,4-7,25H2,1H3,(H,28,29)/t22-/m0/s1. The lowest BCUT2D eigenvalue weighted by atomic mass is 10.1. The van der Waals surface area contributed by atoms with Crippen LogP contribution in [-0.4, -0.2) is 57.0 Å². The fourth-order valence-corrected chi connectivity index (χ4v) is 5.74. The molecule has 0 unspecified atom stereocenters. The van der Waals surface area contributed by atoms with E-state index in [1.54, 1.807) is 12.3 Å². The van der Waals surface area contributed by atoms with E-state index in [0.29, 0.717) is 47.3 Å². The molecule has 184 valence electrons. The Morgan fingerprint density at radius 3 is 2.57 bits per heavy atom. The van der Waals surface area contributed by atoms with E-state index in [9.17, 15) is 8.42 Å². The van der Waals surface area contributed by atoms with Gasteiger partial charge in [0.05, 0.1) is 34.1 Å². The first kappa shape index (κ1) is 24.0. The maximum atomic E-state index is 11.8. The summed E-state index contributed by atoms with van der Waals surface area (Å²) >= 11 is 12.4. The zero-order valence-corrected chi connectivity index (χ0v) is 21.1. The van der Waals surface area contributed by atoms with Gasteiger partial charge in [-0.15, -0.1) is 0 Å². The van der Waals surface area contributed by atoms with Crippen LogP contribution in [0.3, 0.4) is 0 Å². The Labute approximate surface area is 212 Å². The van der Waals surface area contributed by atoms with Gasteiger partial charge in [0.25, 0.3) is 0 Å². The molecule has 0 spiro atoms. The number of nitrogens with two attached hydrogens (primary N) is 1. The van der Waals surface area contributed by atoms with E-state index in [2.05, 4.69) is 20.3 Å². The molecular weight excluding hydrogens is 513 g/mol. The number of benzene rings is 1. The number of H-pyrrole nitrogens is 1. The second-order valence-corrected chi connectivity index (χ2v) is 11.2. The summed E-state index contributed by atoms with van der Waals surface area (Å²) in [6, 6.07) is 5.61. The molecule has 1 atom stereocenters. The second kappa shape index (κ2) is 9.40. The van der Waals surface area contributed by atoms with Crippen molar-refractivity contribution in [2.45, 2.75) is 25.1 Å². The topological polar surface area (TPSA) is 132 Å². The number of halogens is 2. The lowest BCUT2D eigenvalue weighted by Crippen LogP contribution is -2.38. The highest BCUT2D eigenvalue weighted by Gasteiger charge is 2.26. The Bertz CT molecular complexity index is 1460. The number of aromatic amines is 1. The molecule has 13 heteroatoms. The van der Waals surface area contributed by atoms with Gasteiger partial charge in [-0.2, -0.15) is 10.2 Å². The molecule has 35 heavy (non-hydrogen) atoms. The van der Waals surface area contributed by atoms with Crippen LogP contribution in [0.4, 0.5) is 0 Å². The maximum absolute atomic E-state index is 11.8. The van der Waals surface area contributed by atoms with Gasteiger partial charge >= 0.3 is 0 Å². The van der Waals surface area contributed by atoms with Crippen molar-refractivity contribution in [2.75, 3.05) is 19.3 Å². The Morgan fingerprint density at radius 1 is 1.17 bits per heavy atom. The minimum absolute atomic E-state index is 0.124. The van der Waals surface area contributed by atoms with Gasteiger partial charge < -0.3 is 4.74 Å². The summed E-state index contributed by atoms with van der Waals surface area (Å²) in [6.07, 6.45) is 8.38. The number of piperidine rings is 1. The highest BCUT2D eigenvalue weighted by Crippen LogP contribution is 2.34. The molecule has 1 fully saturated rings. The van der Waals surface area contributed by atoms with Crippen molar-refractivity contribution in [3.05, 3.63) is 58.6 Å². The number of aromatic nitrogens is 5. The van der Waals surface area contributed by atoms with Crippen molar-refractivity contribution in [2.24, 2.45) is 5.73 Å². The number of pyridine rings is 1. The molecule has 5 rings (SSSR count). The number of hydrogen-bond donors (Lipinski definition) is 2. The summed E-state index contributed by atoms with van der Waals surface area (Å²) in [7, 11) is -3.17. The van der Waals surface area contributed by atoms with Crippen molar-refractivity contribution in [1.29, 1.82) is 0 Å². The number of nitrogens with one attached hydrogen (secondary N) is 1. The van der Waals surface area contributed by atoms with Crippen LogP contribution in [0.2, 0.25) is 10.0 Å². The molecule has 3 N–H and O–H groups in total. The van der Waals surface area contributed by atoms with Crippen LogP contribution >= 0.6 is 23.2 Å². The van der Waals surface area contributed by atoms with Crippen molar-refractivity contribution < 1.29 is 13.2 Å². The fourth-order valence-electron chi connectivity index (χ4n) is 4.28. The molecule has 0 saturated carbocycles. The molecule has 1 saturated heterocycles. The number of hydrogen-bond acceptors (Lipinski definition) is 7. The Hall–Kier alpha value is -2.70. The molecule has 1 aromatic carbocycles. The predicted octanol–water partition coefficient (Wildman–Crippen LogP) is 3.76. The normalized spacial score (nSPS) is 16.6. The number of rotatable bonds is 6. The summed E-state index contributed by atoms with van der Waals surface area (Å²) in [5.41, 5.74) is 9.07. The number of fused-ring (bicyclic) bond motifs is 1. The minimum Gasteiger partial charge on any atom is -0.471 e. The van der Waals surface area contributed by atoms with Gasteiger partial charge in [0.2, 0.25) is 10.0 Å². The Balaban J connectivity index is 1.37. The van der Waals surface area contributed by atoms with E-state index in [4.69, 9.17) is 33.7 Å². The lowest BCUT2D eigenvalue weighted by molar-refractivity contribution is 0.214.